The average Bonchev–Trinajstić information content (AvgIpc) is 2.86. The maximum Gasteiger partial charge on any atom is 0.287 e. The maximum atomic E-state index is 15.5. The molecule has 4 nitrogen and oxygen atoms in total. The first-order chi connectivity index (χ1) is 17.4. The van der Waals surface area contributed by atoms with Gasteiger partial charge in [0.05, 0.1) is 18.1 Å². The van der Waals surface area contributed by atoms with E-state index in [1.807, 2.05) is 0 Å². The van der Waals surface area contributed by atoms with Crippen LogP contribution in [0, 0.1) is 11.9 Å². The van der Waals surface area contributed by atoms with Crippen LogP contribution in [-0.2, 0) is 18.8 Å². The van der Waals surface area contributed by atoms with Gasteiger partial charge in [-0.2, -0.15) is 9.37 Å². The minimum atomic E-state index is -3.43. The van der Waals surface area contributed by atoms with Gasteiger partial charge in [-0.05, 0) is 49.1 Å². The van der Waals surface area contributed by atoms with Crippen molar-refractivity contribution in [2.24, 2.45) is 5.92 Å². The third-order valence-electron chi connectivity index (χ3n) is 7.40. The highest BCUT2D eigenvalue weighted by Crippen LogP contribution is 2.49. The zero-order valence-electron chi connectivity index (χ0n) is 22.2. The average molecular weight is 506 g/mol. The van der Waals surface area contributed by atoms with Crippen molar-refractivity contribution in [3.8, 4) is 5.88 Å². The molecule has 1 aliphatic carbocycles. The van der Waals surface area contributed by atoms with Gasteiger partial charge >= 0.3 is 0 Å². The number of aryl methyl sites for hydroxylation is 2. The van der Waals surface area contributed by atoms with Crippen molar-refractivity contribution in [1.82, 2.24) is 15.0 Å². The summed E-state index contributed by atoms with van der Waals surface area (Å²) in [5, 5.41) is 0. The molecule has 200 valence electrons. The van der Waals surface area contributed by atoms with Crippen LogP contribution in [0.1, 0.15) is 120 Å². The number of unbranched alkanes of at least 4 members (excludes halogenated alkanes) is 6. The van der Waals surface area contributed by atoms with Crippen LogP contribution in [0.3, 0.4) is 0 Å². The van der Waals surface area contributed by atoms with Crippen molar-refractivity contribution in [2.75, 3.05) is 6.61 Å². The number of pyridine rings is 1. The van der Waals surface area contributed by atoms with E-state index in [0.29, 0.717) is 13.0 Å². The van der Waals surface area contributed by atoms with E-state index >= 15 is 8.78 Å². The molecule has 0 saturated heterocycles. The van der Waals surface area contributed by atoms with Crippen LogP contribution < -0.4 is 4.74 Å². The highest BCUT2D eigenvalue weighted by Gasteiger charge is 2.50. The Bertz CT molecular complexity index is 936. The summed E-state index contributed by atoms with van der Waals surface area (Å²) in [5.74, 6) is -4.98. The molecule has 7 heteroatoms. The zero-order chi connectivity index (χ0) is 26.0. The quantitative estimate of drug-likeness (QED) is 0.180. The molecule has 2 aromatic rings. The molecule has 0 spiro atoms. The minimum Gasteiger partial charge on any atom is -0.478 e. The fourth-order valence-corrected chi connectivity index (χ4v) is 4.87. The Morgan fingerprint density at radius 2 is 1.75 bits per heavy atom. The molecule has 2 unspecified atom stereocenters. The monoisotopic (exact) mass is 505 g/mol. The van der Waals surface area contributed by atoms with E-state index in [2.05, 4.69) is 35.7 Å². The Balaban J connectivity index is 1.59. The van der Waals surface area contributed by atoms with Crippen molar-refractivity contribution in [1.29, 1.82) is 0 Å². The highest BCUT2D eigenvalue weighted by atomic mass is 19.3. The van der Waals surface area contributed by atoms with E-state index in [0.717, 1.165) is 50.0 Å². The predicted octanol–water partition coefficient (Wildman–Crippen LogP) is 8.33. The largest absolute Gasteiger partial charge is 0.478 e. The number of aromatic nitrogens is 3. The molecule has 0 aromatic carbocycles. The van der Waals surface area contributed by atoms with Crippen LogP contribution >= 0.6 is 0 Å². The lowest BCUT2D eigenvalue weighted by molar-refractivity contribution is -0.0501. The van der Waals surface area contributed by atoms with Crippen LogP contribution in [0.15, 0.2) is 18.5 Å². The van der Waals surface area contributed by atoms with Gasteiger partial charge in [0.15, 0.2) is 0 Å². The molecule has 0 aliphatic heterocycles. The third-order valence-corrected chi connectivity index (χ3v) is 7.40. The van der Waals surface area contributed by atoms with E-state index in [-0.39, 0.29) is 23.7 Å². The summed E-state index contributed by atoms with van der Waals surface area (Å²) in [5.41, 5.74) is 0.574. The number of hydrogen-bond donors (Lipinski definition) is 0. The Labute approximate surface area is 214 Å². The summed E-state index contributed by atoms with van der Waals surface area (Å²) in [7, 11) is 0. The summed E-state index contributed by atoms with van der Waals surface area (Å²) in [6.07, 6.45) is 15.7. The molecule has 0 N–H and O–H groups in total. The van der Waals surface area contributed by atoms with Gasteiger partial charge in [0.2, 0.25) is 11.8 Å². The van der Waals surface area contributed by atoms with Gasteiger partial charge in [-0.1, -0.05) is 72.1 Å². The fraction of sp³-hybridized carbons (Fsp3) is 0.690. The summed E-state index contributed by atoms with van der Waals surface area (Å²) in [4.78, 5) is 12.3. The summed E-state index contributed by atoms with van der Waals surface area (Å²) in [6.45, 7) is 7.03. The van der Waals surface area contributed by atoms with Crippen LogP contribution in [0.5, 0.6) is 5.88 Å². The molecule has 1 aliphatic rings. The van der Waals surface area contributed by atoms with Gasteiger partial charge in [0.1, 0.15) is 5.82 Å². The maximum absolute atomic E-state index is 15.5. The SMILES string of the molecule is CCCCCCCCOc1cc2c(c(F)n1)C(F)(F)C(c1ncc(CCCCC(C)CC)cn1)CC2. The van der Waals surface area contributed by atoms with Crippen LogP contribution in [0.25, 0.3) is 0 Å². The minimum absolute atomic E-state index is 0.0665. The van der Waals surface area contributed by atoms with Crippen molar-refractivity contribution < 1.29 is 17.9 Å². The first-order valence-corrected chi connectivity index (χ1v) is 13.9. The van der Waals surface area contributed by atoms with Crippen molar-refractivity contribution in [3.63, 3.8) is 0 Å². The number of fused-ring (bicyclic) bond motifs is 1. The topological polar surface area (TPSA) is 47.9 Å². The van der Waals surface area contributed by atoms with Crippen molar-refractivity contribution >= 4 is 0 Å². The molecule has 0 saturated carbocycles. The molecule has 2 atom stereocenters. The molecule has 0 radical (unpaired) electrons. The van der Waals surface area contributed by atoms with E-state index in [9.17, 15) is 4.39 Å². The molecular formula is C29H42F3N3O. The summed E-state index contributed by atoms with van der Waals surface area (Å²) < 4.78 is 51.3. The standard InChI is InChI=1S/C29H42F3N3O/c1-4-6-7-8-9-12-17-36-25-18-23-15-16-24(29(31,32)26(23)27(30)35-25)28-33-19-22(20-34-28)14-11-10-13-21(3)5-2/h18-21,24H,4-17H2,1-3H3. The molecule has 3 rings (SSSR count). The summed E-state index contributed by atoms with van der Waals surface area (Å²) >= 11 is 0. The van der Waals surface area contributed by atoms with Crippen molar-refractivity contribution in [2.45, 2.75) is 116 Å². The normalized spacial score (nSPS) is 17.6. The smallest absolute Gasteiger partial charge is 0.287 e. The van der Waals surface area contributed by atoms with E-state index < -0.39 is 23.4 Å². The molecular weight excluding hydrogens is 463 g/mol. The number of alkyl halides is 2. The number of ether oxygens (including phenoxy) is 1. The third kappa shape index (κ3) is 7.66. The van der Waals surface area contributed by atoms with Crippen LogP contribution in [0.4, 0.5) is 13.2 Å². The lowest BCUT2D eigenvalue weighted by Gasteiger charge is -2.32. The van der Waals surface area contributed by atoms with E-state index in [4.69, 9.17) is 4.74 Å². The highest BCUT2D eigenvalue weighted by molar-refractivity contribution is 5.38. The zero-order valence-corrected chi connectivity index (χ0v) is 22.2. The van der Waals surface area contributed by atoms with Gasteiger partial charge in [0, 0.05) is 18.5 Å². The van der Waals surface area contributed by atoms with Gasteiger partial charge in [-0.15, -0.1) is 0 Å². The molecule has 2 aromatic heterocycles. The van der Waals surface area contributed by atoms with Gasteiger partial charge in [-0.3, -0.25) is 0 Å². The first-order valence-electron chi connectivity index (χ1n) is 13.9. The Morgan fingerprint density at radius 3 is 2.47 bits per heavy atom. The summed E-state index contributed by atoms with van der Waals surface area (Å²) in [6, 6.07) is 1.48. The second-order valence-corrected chi connectivity index (χ2v) is 10.3. The number of nitrogens with zero attached hydrogens (tertiary/aromatic N) is 3. The number of rotatable bonds is 15. The molecule has 0 amide bonds. The predicted molar refractivity (Wildman–Crippen MR) is 137 cm³/mol. The molecule has 0 bridgehead atoms. The van der Waals surface area contributed by atoms with Gasteiger partial charge < -0.3 is 4.74 Å². The number of halogens is 3. The Hall–Kier alpha value is -2.18. The molecule has 2 heterocycles. The fourth-order valence-electron chi connectivity index (χ4n) is 4.87. The van der Waals surface area contributed by atoms with E-state index in [1.165, 1.54) is 38.2 Å². The Kier molecular flexibility index (Phi) is 11.0. The lowest BCUT2D eigenvalue weighted by Crippen LogP contribution is -2.33. The second-order valence-electron chi connectivity index (χ2n) is 10.3. The molecule has 36 heavy (non-hydrogen) atoms. The first kappa shape index (κ1) is 28.4. The van der Waals surface area contributed by atoms with Crippen LogP contribution in [0.2, 0.25) is 0 Å². The lowest BCUT2D eigenvalue weighted by atomic mass is 9.80. The number of hydrogen-bond acceptors (Lipinski definition) is 4. The van der Waals surface area contributed by atoms with Crippen LogP contribution in [-0.4, -0.2) is 21.6 Å². The van der Waals surface area contributed by atoms with Crippen molar-refractivity contribution in [3.05, 3.63) is 46.9 Å². The van der Waals surface area contributed by atoms with E-state index in [1.54, 1.807) is 12.4 Å². The molecule has 0 fully saturated rings. The Morgan fingerprint density at radius 1 is 1.03 bits per heavy atom. The van der Waals surface area contributed by atoms with Gasteiger partial charge in [-0.25, -0.2) is 18.7 Å². The second kappa shape index (κ2) is 13.9. The van der Waals surface area contributed by atoms with Gasteiger partial charge in [0.25, 0.3) is 5.92 Å².